The van der Waals surface area contributed by atoms with Crippen molar-refractivity contribution in [2.24, 2.45) is 11.7 Å². The predicted molar refractivity (Wildman–Crippen MR) is 104 cm³/mol. The van der Waals surface area contributed by atoms with Gasteiger partial charge in [-0.3, -0.25) is 18.9 Å². The Morgan fingerprint density at radius 3 is 3.00 bits per heavy atom. The molecule has 0 aliphatic carbocycles. The van der Waals surface area contributed by atoms with Crippen LogP contribution in [-0.2, 0) is 11.3 Å². The van der Waals surface area contributed by atoms with E-state index in [1.807, 2.05) is 0 Å². The third-order valence-electron chi connectivity index (χ3n) is 4.38. The zero-order chi connectivity index (χ0) is 17.8. The summed E-state index contributed by atoms with van der Waals surface area (Å²) < 4.78 is 1.44. The number of piperidine rings is 1. The molecule has 3 rings (SSSR count). The quantitative estimate of drug-likeness (QED) is 0.783. The average Bonchev–Trinajstić information content (AvgIpc) is 2.60. The van der Waals surface area contributed by atoms with E-state index in [1.165, 1.54) is 10.5 Å². The topological polar surface area (TPSA) is 92.7 Å². The van der Waals surface area contributed by atoms with Crippen LogP contribution in [0.2, 0.25) is 5.02 Å². The van der Waals surface area contributed by atoms with E-state index in [4.69, 9.17) is 17.3 Å². The molecule has 1 fully saturated rings. The lowest BCUT2D eigenvalue weighted by atomic mass is 9.97. The van der Waals surface area contributed by atoms with Gasteiger partial charge in [0.2, 0.25) is 5.91 Å². The number of carbonyl (C=O) groups is 1. The van der Waals surface area contributed by atoms with E-state index >= 15 is 0 Å². The fraction of sp³-hybridized carbons (Fsp3) is 0.471. The van der Waals surface area contributed by atoms with Gasteiger partial charge in [0.1, 0.15) is 5.65 Å². The van der Waals surface area contributed by atoms with E-state index in [-0.39, 0.29) is 29.8 Å². The van der Waals surface area contributed by atoms with Crippen LogP contribution in [0.3, 0.4) is 0 Å². The first-order chi connectivity index (χ1) is 12.1. The number of aromatic nitrogens is 2. The number of halogens is 2. The summed E-state index contributed by atoms with van der Waals surface area (Å²) in [4.78, 5) is 31.1. The maximum absolute atomic E-state index is 12.3. The van der Waals surface area contributed by atoms with Gasteiger partial charge in [-0.1, -0.05) is 11.6 Å². The third-order valence-corrected chi connectivity index (χ3v) is 4.61. The second-order valence-electron chi connectivity index (χ2n) is 6.32. The number of likely N-dealkylation sites (tertiary alicyclic amines) is 1. The van der Waals surface area contributed by atoms with Crippen LogP contribution in [0.1, 0.15) is 18.5 Å². The molecule has 2 aromatic rings. The van der Waals surface area contributed by atoms with E-state index in [1.54, 1.807) is 18.3 Å². The zero-order valence-electron chi connectivity index (χ0n) is 14.4. The van der Waals surface area contributed by atoms with Crippen LogP contribution in [0.15, 0.2) is 29.2 Å². The van der Waals surface area contributed by atoms with Crippen molar-refractivity contribution in [3.8, 4) is 0 Å². The first kappa shape index (κ1) is 20.6. The molecule has 1 saturated heterocycles. The third kappa shape index (κ3) is 4.94. The van der Waals surface area contributed by atoms with Crippen molar-refractivity contribution in [2.75, 3.05) is 26.2 Å². The molecule has 9 heteroatoms. The molecule has 7 nitrogen and oxygen atoms in total. The van der Waals surface area contributed by atoms with Gasteiger partial charge in [0.15, 0.2) is 0 Å². The van der Waals surface area contributed by atoms with Crippen LogP contribution < -0.4 is 16.6 Å². The number of pyridine rings is 1. The standard InChI is InChI=1S/C17H22ClN5O2.ClH/c18-13-3-4-15-21-14(8-16(24)23(15)10-13)11-22-7-1-2-12(9-22)17(25)20-6-5-19;/h3-4,8,10,12H,1-2,5-7,9,11,19H2,(H,20,25);1H. The van der Waals surface area contributed by atoms with E-state index in [2.05, 4.69) is 15.2 Å². The summed E-state index contributed by atoms with van der Waals surface area (Å²) >= 11 is 5.93. The molecule has 0 radical (unpaired) electrons. The van der Waals surface area contributed by atoms with Gasteiger partial charge in [0.05, 0.1) is 16.6 Å². The molecule has 0 aromatic carbocycles. The van der Waals surface area contributed by atoms with E-state index in [0.29, 0.717) is 42.5 Å². The Balaban J connectivity index is 0.00000243. The van der Waals surface area contributed by atoms with Crippen molar-refractivity contribution in [1.29, 1.82) is 0 Å². The summed E-state index contributed by atoms with van der Waals surface area (Å²) in [5.41, 5.74) is 6.55. The van der Waals surface area contributed by atoms with Crippen molar-refractivity contribution in [3.63, 3.8) is 0 Å². The average molecular weight is 400 g/mol. The van der Waals surface area contributed by atoms with Crippen LogP contribution in [0.4, 0.5) is 0 Å². The second kappa shape index (κ2) is 9.32. The number of nitrogens with two attached hydrogens (primary N) is 1. The highest BCUT2D eigenvalue weighted by atomic mass is 35.5. The minimum atomic E-state index is -0.156. The Kier molecular flexibility index (Phi) is 7.40. The molecule has 142 valence electrons. The highest BCUT2D eigenvalue weighted by Crippen LogP contribution is 2.18. The van der Waals surface area contributed by atoms with Crippen molar-refractivity contribution < 1.29 is 4.79 Å². The molecule has 0 spiro atoms. The smallest absolute Gasteiger partial charge is 0.258 e. The first-order valence-electron chi connectivity index (χ1n) is 8.45. The summed E-state index contributed by atoms with van der Waals surface area (Å²) in [5, 5.41) is 3.35. The lowest BCUT2D eigenvalue weighted by Gasteiger charge is -2.31. The van der Waals surface area contributed by atoms with Gasteiger partial charge in [-0.15, -0.1) is 12.4 Å². The number of hydrogen-bond donors (Lipinski definition) is 2. The molecule has 3 N–H and O–H groups in total. The number of hydrogen-bond acceptors (Lipinski definition) is 5. The Hall–Kier alpha value is -1.67. The molecule has 0 bridgehead atoms. The second-order valence-corrected chi connectivity index (χ2v) is 6.75. The Morgan fingerprint density at radius 1 is 1.42 bits per heavy atom. The van der Waals surface area contributed by atoms with Crippen LogP contribution in [-0.4, -0.2) is 46.4 Å². The highest BCUT2D eigenvalue weighted by Gasteiger charge is 2.25. The van der Waals surface area contributed by atoms with Gasteiger partial charge in [-0.2, -0.15) is 0 Å². The number of fused-ring (bicyclic) bond motifs is 1. The van der Waals surface area contributed by atoms with E-state index in [9.17, 15) is 9.59 Å². The van der Waals surface area contributed by atoms with E-state index in [0.717, 1.165) is 19.4 Å². The first-order valence-corrected chi connectivity index (χ1v) is 8.82. The van der Waals surface area contributed by atoms with Gasteiger partial charge < -0.3 is 11.1 Å². The fourth-order valence-corrected chi connectivity index (χ4v) is 3.35. The Morgan fingerprint density at radius 2 is 2.23 bits per heavy atom. The monoisotopic (exact) mass is 399 g/mol. The summed E-state index contributed by atoms with van der Waals surface area (Å²) in [6.07, 6.45) is 3.39. The van der Waals surface area contributed by atoms with Gasteiger partial charge in [-0.05, 0) is 31.5 Å². The Bertz CT molecular complexity index is 826. The summed E-state index contributed by atoms with van der Waals surface area (Å²) in [6, 6.07) is 4.97. The van der Waals surface area contributed by atoms with Gasteiger partial charge in [0, 0.05) is 38.4 Å². The van der Waals surface area contributed by atoms with Crippen LogP contribution in [0.5, 0.6) is 0 Å². The molecule has 1 aliphatic rings. The Labute approximate surface area is 162 Å². The lowest BCUT2D eigenvalue weighted by Crippen LogP contribution is -2.43. The molecular formula is C17H23Cl2N5O2. The molecule has 2 aromatic heterocycles. The molecule has 1 atom stereocenters. The van der Waals surface area contributed by atoms with E-state index < -0.39 is 0 Å². The molecule has 1 amide bonds. The molecule has 26 heavy (non-hydrogen) atoms. The summed E-state index contributed by atoms with van der Waals surface area (Å²) in [7, 11) is 0. The number of nitrogens with zero attached hydrogens (tertiary/aromatic N) is 3. The van der Waals surface area contributed by atoms with Crippen LogP contribution in [0, 0.1) is 5.92 Å². The number of carbonyl (C=O) groups excluding carboxylic acids is 1. The number of amides is 1. The van der Waals surface area contributed by atoms with Crippen molar-refractivity contribution in [2.45, 2.75) is 19.4 Å². The van der Waals surface area contributed by atoms with Gasteiger partial charge in [-0.25, -0.2) is 4.98 Å². The van der Waals surface area contributed by atoms with Crippen LogP contribution >= 0.6 is 24.0 Å². The molecule has 0 saturated carbocycles. The number of rotatable bonds is 5. The predicted octanol–water partition coefficient (Wildman–Crippen LogP) is 1.06. The maximum Gasteiger partial charge on any atom is 0.258 e. The fourth-order valence-electron chi connectivity index (χ4n) is 3.19. The SMILES string of the molecule is Cl.NCCNC(=O)C1CCCN(Cc2cc(=O)n3cc(Cl)ccc3n2)C1. The van der Waals surface area contributed by atoms with Gasteiger partial charge >= 0.3 is 0 Å². The summed E-state index contributed by atoms with van der Waals surface area (Å²) in [6.45, 7) is 3.05. The lowest BCUT2D eigenvalue weighted by molar-refractivity contribution is -0.126. The normalized spacial score (nSPS) is 17.7. The zero-order valence-corrected chi connectivity index (χ0v) is 15.9. The minimum Gasteiger partial charge on any atom is -0.355 e. The van der Waals surface area contributed by atoms with Crippen molar-refractivity contribution in [1.82, 2.24) is 19.6 Å². The highest BCUT2D eigenvalue weighted by molar-refractivity contribution is 6.30. The molecule has 1 unspecified atom stereocenters. The number of nitrogens with one attached hydrogen (secondary N) is 1. The molecule has 1 aliphatic heterocycles. The minimum absolute atomic E-state index is 0. The van der Waals surface area contributed by atoms with Crippen molar-refractivity contribution in [3.05, 3.63) is 45.5 Å². The molecule has 3 heterocycles. The maximum atomic E-state index is 12.3. The van der Waals surface area contributed by atoms with Gasteiger partial charge in [0.25, 0.3) is 5.56 Å². The molecular weight excluding hydrogens is 377 g/mol. The van der Waals surface area contributed by atoms with Crippen molar-refractivity contribution >= 4 is 35.6 Å². The van der Waals surface area contributed by atoms with Crippen LogP contribution in [0.25, 0.3) is 5.65 Å². The summed E-state index contributed by atoms with van der Waals surface area (Å²) in [5.74, 6) is 0.0111. The largest absolute Gasteiger partial charge is 0.355 e.